The van der Waals surface area contributed by atoms with Crippen molar-refractivity contribution in [1.29, 1.82) is 0 Å². The molecular weight excluding hydrogens is 266 g/mol. The average Bonchev–Trinajstić information content (AvgIpc) is 2.91. The Kier molecular flexibility index (Phi) is 4.32. The highest BCUT2D eigenvalue weighted by molar-refractivity contribution is 5.97. The Morgan fingerprint density at radius 3 is 2.81 bits per heavy atom. The summed E-state index contributed by atoms with van der Waals surface area (Å²) >= 11 is 0. The van der Waals surface area contributed by atoms with Crippen molar-refractivity contribution in [3.63, 3.8) is 0 Å². The number of hydrogen-bond donors (Lipinski definition) is 3. The molecule has 0 saturated carbocycles. The number of aliphatic hydroxyl groups excluding tert-OH is 1. The number of rotatable bonds is 5. The van der Waals surface area contributed by atoms with Gasteiger partial charge in [0.25, 0.3) is 5.91 Å². The zero-order valence-corrected chi connectivity index (χ0v) is 13.0. The van der Waals surface area contributed by atoms with Crippen LogP contribution in [0.5, 0.6) is 0 Å². The van der Waals surface area contributed by atoms with Gasteiger partial charge in [-0.3, -0.25) is 4.79 Å². The third kappa shape index (κ3) is 3.42. The minimum absolute atomic E-state index is 0.143. The summed E-state index contributed by atoms with van der Waals surface area (Å²) in [7, 11) is 0. The molecule has 2 rings (SSSR count). The van der Waals surface area contributed by atoms with Crippen molar-refractivity contribution in [3.8, 4) is 0 Å². The van der Waals surface area contributed by atoms with E-state index in [2.05, 4.69) is 15.3 Å². The summed E-state index contributed by atoms with van der Waals surface area (Å²) in [6.45, 7) is 8.28. The molecule has 0 bridgehead atoms. The number of imidazole rings is 1. The van der Waals surface area contributed by atoms with Crippen LogP contribution in [0, 0.1) is 11.3 Å². The van der Waals surface area contributed by atoms with E-state index in [-0.39, 0.29) is 17.2 Å². The number of hydrogen-bond acceptors (Lipinski definition) is 3. The predicted octanol–water partition coefficient (Wildman–Crippen LogP) is 2.34. The summed E-state index contributed by atoms with van der Waals surface area (Å²) in [5.74, 6) is 0.00813. The molecule has 0 spiro atoms. The summed E-state index contributed by atoms with van der Waals surface area (Å²) in [5, 5.41) is 13.1. The molecule has 21 heavy (non-hydrogen) atoms. The van der Waals surface area contributed by atoms with Crippen LogP contribution in [0.15, 0.2) is 24.5 Å². The van der Waals surface area contributed by atoms with Gasteiger partial charge in [0.15, 0.2) is 0 Å². The van der Waals surface area contributed by atoms with Crippen LogP contribution in [-0.2, 0) is 0 Å². The Morgan fingerprint density at radius 1 is 1.43 bits per heavy atom. The molecule has 0 fully saturated rings. The minimum Gasteiger partial charge on any atom is -0.392 e. The van der Waals surface area contributed by atoms with Gasteiger partial charge in [-0.25, -0.2) is 4.98 Å². The van der Waals surface area contributed by atoms with Crippen LogP contribution in [0.4, 0.5) is 0 Å². The lowest BCUT2D eigenvalue weighted by molar-refractivity contribution is 0.0138. The number of carbonyl (C=O) groups is 1. The van der Waals surface area contributed by atoms with Gasteiger partial charge < -0.3 is 15.4 Å². The lowest BCUT2D eigenvalue weighted by Gasteiger charge is -2.33. The highest BCUT2D eigenvalue weighted by Gasteiger charge is 2.30. The maximum atomic E-state index is 12.2. The number of carbonyl (C=O) groups excluding carboxylic acids is 1. The van der Waals surface area contributed by atoms with Gasteiger partial charge in [-0.1, -0.05) is 27.7 Å². The van der Waals surface area contributed by atoms with Gasteiger partial charge >= 0.3 is 0 Å². The molecule has 1 amide bonds. The second-order valence-electron chi connectivity index (χ2n) is 6.49. The molecule has 5 nitrogen and oxygen atoms in total. The Morgan fingerprint density at radius 2 is 2.14 bits per heavy atom. The van der Waals surface area contributed by atoms with Crippen LogP contribution >= 0.6 is 0 Å². The number of aromatic nitrogens is 2. The topological polar surface area (TPSA) is 78.0 Å². The van der Waals surface area contributed by atoms with Crippen molar-refractivity contribution in [1.82, 2.24) is 15.3 Å². The third-order valence-corrected chi connectivity index (χ3v) is 3.82. The van der Waals surface area contributed by atoms with Crippen molar-refractivity contribution in [2.24, 2.45) is 11.3 Å². The molecule has 114 valence electrons. The van der Waals surface area contributed by atoms with E-state index < -0.39 is 6.10 Å². The predicted molar refractivity (Wildman–Crippen MR) is 83.1 cm³/mol. The van der Waals surface area contributed by atoms with E-state index in [1.807, 2.05) is 33.8 Å². The van der Waals surface area contributed by atoms with Gasteiger partial charge in [-0.05, 0) is 24.1 Å². The van der Waals surface area contributed by atoms with Crippen molar-refractivity contribution in [2.75, 3.05) is 6.54 Å². The monoisotopic (exact) mass is 289 g/mol. The Balaban J connectivity index is 2.04. The quantitative estimate of drug-likeness (QED) is 0.790. The molecule has 1 heterocycles. The molecule has 0 aliphatic heterocycles. The highest BCUT2D eigenvalue weighted by atomic mass is 16.3. The number of aromatic amines is 1. The fraction of sp³-hybridized carbons (Fsp3) is 0.500. The summed E-state index contributed by atoms with van der Waals surface area (Å²) in [4.78, 5) is 19.3. The smallest absolute Gasteiger partial charge is 0.251 e. The van der Waals surface area contributed by atoms with E-state index in [1.54, 1.807) is 18.5 Å². The van der Waals surface area contributed by atoms with Gasteiger partial charge in [0.1, 0.15) is 0 Å². The zero-order valence-electron chi connectivity index (χ0n) is 13.0. The van der Waals surface area contributed by atoms with Crippen molar-refractivity contribution in [3.05, 3.63) is 30.1 Å². The minimum atomic E-state index is -0.465. The molecule has 2 aromatic rings. The lowest BCUT2D eigenvalue weighted by Crippen LogP contribution is -2.43. The molecular formula is C16H23N3O2. The molecule has 1 atom stereocenters. The van der Waals surface area contributed by atoms with Gasteiger partial charge in [0, 0.05) is 17.5 Å². The number of nitrogens with one attached hydrogen (secondary N) is 2. The van der Waals surface area contributed by atoms with E-state index >= 15 is 0 Å². The van der Waals surface area contributed by atoms with E-state index in [0.29, 0.717) is 12.1 Å². The van der Waals surface area contributed by atoms with Crippen molar-refractivity contribution >= 4 is 16.9 Å². The number of amides is 1. The van der Waals surface area contributed by atoms with Crippen LogP contribution in [0.2, 0.25) is 0 Å². The average molecular weight is 289 g/mol. The SMILES string of the molecule is CC(C)C(O)C(C)(C)CNC(=O)c1ccc2nc[nH]c2c1. The molecule has 0 saturated heterocycles. The second kappa shape index (κ2) is 5.85. The first-order valence-electron chi connectivity index (χ1n) is 7.20. The van der Waals surface area contributed by atoms with Crippen LogP contribution in [0.3, 0.4) is 0 Å². The lowest BCUT2D eigenvalue weighted by atomic mass is 9.80. The molecule has 1 aromatic carbocycles. The van der Waals surface area contributed by atoms with E-state index in [1.165, 1.54) is 0 Å². The van der Waals surface area contributed by atoms with E-state index in [9.17, 15) is 9.90 Å². The second-order valence-corrected chi connectivity index (χ2v) is 6.49. The first kappa shape index (κ1) is 15.5. The standard InChI is InChI=1S/C16H23N3O2/c1-10(2)14(20)16(3,4)8-17-15(21)11-5-6-12-13(7-11)19-9-18-12/h5-7,9-10,14,20H,8H2,1-4H3,(H,17,21)(H,18,19). The Labute approximate surface area is 124 Å². The van der Waals surface area contributed by atoms with Crippen molar-refractivity contribution < 1.29 is 9.90 Å². The van der Waals surface area contributed by atoms with Crippen LogP contribution in [0.1, 0.15) is 38.1 Å². The molecule has 3 N–H and O–H groups in total. The molecule has 5 heteroatoms. The number of benzene rings is 1. The number of H-pyrrole nitrogens is 1. The number of aliphatic hydroxyl groups is 1. The van der Waals surface area contributed by atoms with Crippen LogP contribution in [0.25, 0.3) is 11.0 Å². The maximum Gasteiger partial charge on any atom is 0.251 e. The van der Waals surface area contributed by atoms with Gasteiger partial charge in [0.05, 0.1) is 23.5 Å². The molecule has 0 aliphatic carbocycles. The van der Waals surface area contributed by atoms with E-state index in [0.717, 1.165) is 11.0 Å². The van der Waals surface area contributed by atoms with E-state index in [4.69, 9.17) is 0 Å². The van der Waals surface area contributed by atoms with Gasteiger partial charge in [-0.15, -0.1) is 0 Å². The molecule has 0 aliphatic rings. The maximum absolute atomic E-state index is 12.2. The Bertz CT molecular complexity index is 631. The summed E-state index contributed by atoms with van der Waals surface area (Å²) in [6, 6.07) is 5.35. The molecule has 1 unspecified atom stereocenters. The number of fused-ring (bicyclic) bond motifs is 1. The first-order chi connectivity index (χ1) is 9.81. The fourth-order valence-electron chi connectivity index (χ4n) is 2.49. The first-order valence-corrected chi connectivity index (χ1v) is 7.20. The van der Waals surface area contributed by atoms with Crippen LogP contribution < -0.4 is 5.32 Å². The molecule has 1 aromatic heterocycles. The normalized spacial score (nSPS) is 13.6. The van der Waals surface area contributed by atoms with Crippen molar-refractivity contribution in [2.45, 2.75) is 33.8 Å². The highest BCUT2D eigenvalue weighted by Crippen LogP contribution is 2.25. The van der Waals surface area contributed by atoms with Gasteiger partial charge in [0.2, 0.25) is 0 Å². The molecule has 0 radical (unpaired) electrons. The van der Waals surface area contributed by atoms with Crippen LogP contribution in [-0.4, -0.2) is 33.6 Å². The fourth-order valence-corrected chi connectivity index (χ4v) is 2.49. The summed E-state index contributed by atoms with van der Waals surface area (Å²) in [5.41, 5.74) is 1.88. The number of nitrogens with zero attached hydrogens (tertiary/aromatic N) is 1. The zero-order chi connectivity index (χ0) is 15.6. The third-order valence-electron chi connectivity index (χ3n) is 3.82. The van der Waals surface area contributed by atoms with Gasteiger partial charge in [-0.2, -0.15) is 0 Å². The largest absolute Gasteiger partial charge is 0.392 e. The summed E-state index contributed by atoms with van der Waals surface area (Å²) < 4.78 is 0. The Hall–Kier alpha value is -1.88. The summed E-state index contributed by atoms with van der Waals surface area (Å²) in [6.07, 6.45) is 1.14.